The number of carbonyl (C=O) groups excluding carboxylic acids is 1. The Morgan fingerprint density at radius 2 is 1.68 bits per heavy atom. The van der Waals surface area contributed by atoms with Crippen molar-refractivity contribution in [2.24, 2.45) is 5.92 Å². The Hall–Kier alpha value is -2.34. The van der Waals surface area contributed by atoms with Crippen LogP contribution in [0.15, 0.2) is 59.5 Å². The Morgan fingerprint density at radius 3 is 2.32 bits per heavy atom. The normalized spacial score (nSPS) is 16.3. The highest BCUT2D eigenvalue weighted by atomic mass is 32.2. The molecule has 0 aliphatic heterocycles. The SMILES string of the molecule is Cc1ccc(S(=O)(=O)[C@H](NC(=O)OCc2ccccc2)C2CCCCC2)cc1. The Balaban J connectivity index is 1.76. The summed E-state index contributed by atoms with van der Waals surface area (Å²) in [4.78, 5) is 12.6. The van der Waals surface area contributed by atoms with Crippen molar-refractivity contribution < 1.29 is 17.9 Å². The van der Waals surface area contributed by atoms with Gasteiger partial charge in [-0.15, -0.1) is 0 Å². The van der Waals surface area contributed by atoms with Crippen LogP contribution in [0.3, 0.4) is 0 Å². The van der Waals surface area contributed by atoms with Gasteiger partial charge in [-0.1, -0.05) is 67.3 Å². The number of carbonyl (C=O) groups is 1. The van der Waals surface area contributed by atoms with Crippen molar-refractivity contribution in [1.29, 1.82) is 0 Å². The molecule has 5 nitrogen and oxygen atoms in total. The molecule has 1 aliphatic carbocycles. The molecular formula is C22H27NO4S. The number of sulfone groups is 1. The first-order chi connectivity index (χ1) is 13.5. The van der Waals surface area contributed by atoms with E-state index in [1.54, 1.807) is 24.3 Å². The van der Waals surface area contributed by atoms with Gasteiger partial charge in [0.25, 0.3) is 0 Å². The topological polar surface area (TPSA) is 72.5 Å². The van der Waals surface area contributed by atoms with Crippen molar-refractivity contribution in [3.05, 3.63) is 65.7 Å². The summed E-state index contributed by atoms with van der Waals surface area (Å²) in [6, 6.07) is 16.1. The summed E-state index contributed by atoms with van der Waals surface area (Å²) >= 11 is 0. The summed E-state index contributed by atoms with van der Waals surface area (Å²) in [5.74, 6) is -0.107. The molecule has 0 aromatic heterocycles. The summed E-state index contributed by atoms with van der Waals surface area (Å²) in [6.45, 7) is 2.02. The van der Waals surface area contributed by atoms with Crippen molar-refractivity contribution >= 4 is 15.9 Å². The molecule has 2 aromatic rings. The molecule has 6 heteroatoms. The fourth-order valence-corrected chi connectivity index (χ4v) is 5.48. The van der Waals surface area contributed by atoms with Gasteiger partial charge < -0.3 is 10.1 Å². The number of ether oxygens (including phenoxy) is 1. The number of aryl methyl sites for hydroxylation is 1. The fourth-order valence-electron chi connectivity index (χ4n) is 3.64. The molecule has 0 bridgehead atoms. The average molecular weight is 402 g/mol. The first-order valence-electron chi connectivity index (χ1n) is 9.74. The molecule has 1 atom stereocenters. The lowest BCUT2D eigenvalue weighted by atomic mass is 9.89. The van der Waals surface area contributed by atoms with E-state index < -0.39 is 21.3 Å². The zero-order chi connectivity index (χ0) is 20.0. The minimum Gasteiger partial charge on any atom is -0.445 e. The smallest absolute Gasteiger partial charge is 0.408 e. The quantitative estimate of drug-likeness (QED) is 0.768. The standard InChI is InChI=1S/C22H27NO4S/c1-17-12-14-20(15-13-17)28(25,26)21(19-10-6-3-7-11-19)23-22(24)27-16-18-8-4-2-5-9-18/h2,4-5,8-9,12-15,19,21H,3,6-7,10-11,16H2,1H3,(H,23,24)/t21-/m0/s1. The first-order valence-corrected chi connectivity index (χ1v) is 11.3. The van der Waals surface area contributed by atoms with Gasteiger partial charge in [-0.05, 0) is 43.4 Å². The van der Waals surface area contributed by atoms with Gasteiger partial charge in [0.1, 0.15) is 12.0 Å². The molecule has 1 N–H and O–H groups in total. The molecule has 1 saturated carbocycles. The molecule has 1 fully saturated rings. The van der Waals surface area contributed by atoms with Gasteiger partial charge in [0.15, 0.2) is 9.84 Å². The number of hydrogen-bond acceptors (Lipinski definition) is 4. The van der Waals surface area contributed by atoms with Gasteiger partial charge in [-0.3, -0.25) is 0 Å². The van der Waals surface area contributed by atoms with E-state index in [0.29, 0.717) is 0 Å². The molecule has 3 rings (SSSR count). The van der Waals surface area contributed by atoms with Crippen LogP contribution < -0.4 is 5.32 Å². The number of rotatable bonds is 6. The Labute approximate surface area is 167 Å². The van der Waals surface area contributed by atoms with Crippen LogP contribution in [0.5, 0.6) is 0 Å². The molecule has 0 heterocycles. The number of benzene rings is 2. The van der Waals surface area contributed by atoms with Crippen molar-refractivity contribution in [2.75, 3.05) is 0 Å². The van der Waals surface area contributed by atoms with E-state index in [9.17, 15) is 13.2 Å². The van der Waals surface area contributed by atoms with E-state index in [1.807, 2.05) is 37.3 Å². The van der Waals surface area contributed by atoms with Crippen molar-refractivity contribution in [3.63, 3.8) is 0 Å². The second-order valence-electron chi connectivity index (χ2n) is 7.38. The van der Waals surface area contributed by atoms with Crippen molar-refractivity contribution in [3.8, 4) is 0 Å². The second-order valence-corrected chi connectivity index (χ2v) is 9.45. The molecule has 0 unspecified atom stereocenters. The highest BCUT2D eigenvalue weighted by molar-refractivity contribution is 7.92. The van der Waals surface area contributed by atoms with Gasteiger partial charge in [0.05, 0.1) is 4.90 Å². The number of alkyl carbamates (subject to hydrolysis) is 1. The van der Waals surface area contributed by atoms with Gasteiger partial charge >= 0.3 is 6.09 Å². The third kappa shape index (κ3) is 5.13. The van der Waals surface area contributed by atoms with Crippen molar-refractivity contribution in [1.82, 2.24) is 5.32 Å². The molecule has 1 aliphatic rings. The zero-order valence-corrected chi connectivity index (χ0v) is 17.0. The minimum atomic E-state index is -3.71. The average Bonchev–Trinajstić information content (AvgIpc) is 2.72. The maximum absolute atomic E-state index is 13.3. The third-order valence-electron chi connectivity index (χ3n) is 5.23. The van der Waals surface area contributed by atoms with Crippen LogP contribution in [-0.2, 0) is 21.2 Å². The highest BCUT2D eigenvalue weighted by Gasteiger charge is 2.37. The van der Waals surface area contributed by atoms with E-state index in [-0.39, 0.29) is 17.4 Å². The molecule has 1 amide bonds. The summed E-state index contributed by atoms with van der Waals surface area (Å²) in [6.07, 6.45) is 3.93. The molecule has 150 valence electrons. The monoisotopic (exact) mass is 401 g/mol. The third-order valence-corrected chi connectivity index (χ3v) is 7.34. The summed E-state index contributed by atoms with van der Waals surface area (Å²) in [5, 5.41) is 1.69. The summed E-state index contributed by atoms with van der Waals surface area (Å²) in [5.41, 5.74) is 1.84. The molecule has 0 saturated heterocycles. The molecule has 0 spiro atoms. The number of amides is 1. The van der Waals surface area contributed by atoms with Gasteiger partial charge in [0.2, 0.25) is 0 Å². The Morgan fingerprint density at radius 1 is 1.04 bits per heavy atom. The van der Waals surface area contributed by atoms with Crippen LogP contribution in [0.4, 0.5) is 4.79 Å². The fraction of sp³-hybridized carbons (Fsp3) is 0.409. The lowest BCUT2D eigenvalue weighted by Crippen LogP contribution is -2.46. The zero-order valence-electron chi connectivity index (χ0n) is 16.1. The molecule has 2 aromatic carbocycles. The highest BCUT2D eigenvalue weighted by Crippen LogP contribution is 2.31. The second kappa shape index (κ2) is 9.24. The number of nitrogens with one attached hydrogen (secondary N) is 1. The van der Waals surface area contributed by atoms with E-state index in [1.165, 1.54) is 0 Å². The lowest BCUT2D eigenvalue weighted by Gasteiger charge is -2.30. The van der Waals surface area contributed by atoms with E-state index in [0.717, 1.165) is 43.2 Å². The summed E-state index contributed by atoms with van der Waals surface area (Å²) in [7, 11) is -3.71. The molecule has 0 radical (unpaired) electrons. The minimum absolute atomic E-state index is 0.106. The summed E-state index contributed by atoms with van der Waals surface area (Å²) < 4.78 is 31.8. The van der Waals surface area contributed by atoms with E-state index in [4.69, 9.17) is 4.74 Å². The van der Waals surface area contributed by atoms with E-state index in [2.05, 4.69) is 5.32 Å². The number of hydrogen-bond donors (Lipinski definition) is 1. The Bertz CT molecular complexity index is 873. The van der Waals surface area contributed by atoms with Crippen molar-refractivity contribution in [2.45, 2.75) is 55.9 Å². The van der Waals surface area contributed by atoms with Crippen LogP contribution >= 0.6 is 0 Å². The largest absolute Gasteiger partial charge is 0.445 e. The van der Waals surface area contributed by atoms with E-state index >= 15 is 0 Å². The Kier molecular flexibility index (Phi) is 6.73. The van der Waals surface area contributed by atoms with Gasteiger partial charge in [-0.2, -0.15) is 0 Å². The van der Waals surface area contributed by atoms with Crippen LogP contribution in [-0.4, -0.2) is 19.9 Å². The van der Waals surface area contributed by atoms with Crippen LogP contribution in [0.25, 0.3) is 0 Å². The molecular weight excluding hydrogens is 374 g/mol. The van der Waals surface area contributed by atoms with Gasteiger partial charge in [0, 0.05) is 0 Å². The maximum Gasteiger partial charge on any atom is 0.408 e. The molecule has 28 heavy (non-hydrogen) atoms. The van der Waals surface area contributed by atoms with Crippen LogP contribution in [0.2, 0.25) is 0 Å². The maximum atomic E-state index is 13.3. The van der Waals surface area contributed by atoms with Gasteiger partial charge in [-0.25, -0.2) is 13.2 Å². The van der Waals surface area contributed by atoms with Crippen LogP contribution in [0, 0.1) is 12.8 Å². The predicted octanol–water partition coefficient (Wildman–Crippen LogP) is 4.60. The lowest BCUT2D eigenvalue weighted by molar-refractivity contribution is 0.134. The van der Waals surface area contributed by atoms with Crippen LogP contribution in [0.1, 0.15) is 43.2 Å². The predicted molar refractivity (Wildman–Crippen MR) is 108 cm³/mol. The first kappa shape index (κ1) is 20.4.